The number of rotatable bonds is 5. The largest absolute Gasteiger partial charge is 0.444 e. The average molecular weight is 544 g/mol. The van der Waals surface area contributed by atoms with E-state index in [2.05, 4.69) is 10.0 Å². The van der Waals surface area contributed by atoms with Gasteiger partial charge in [0, 0.05) is 30.1 Å². The molecule has 0 atom stereocenters. The van der Waals surface area contributed by atoms with E-state index in [0.717, 1.165) is 0 Å². The Hall–Kier alpha value is -3.14. The number of carbonyl (C=O) groups excluding carboxylic acids is 2. The molecule has 1 heterocycles. The summed E-state index contributed by atoms with van der Waals surface area (Å²) in [5.74, 6) is -0.393. The maximum atomic E-state index is 13.4. The van der Waals surface area contributed by atoms with Gasteiger partial charge in [-0.15, -0.1) is 0 Å². The van der Waals surface area contributed by atoms with Crippen molar-refractivity contribution in [3.8, 4) is 0 Å². The third-order valence-corrected chi connectivity index (χ3v) is 7.92. The molecule has 1 saturated heterocycles. The number of nitrogens with one attached hydrogen (secondary N) is 2. The van der Waals surface area contributed by atoms with Crippen molar-refractivity contribution in [1.82, 2.24) is 9.62 Å². The van der Waals surface area contributed by atoms with E-state index in [1.807, 2.05) is 20.8 Å². The molecule has 8 nitrogen and oxygen atoms in total. The Morgan fingerprint density at radius 2 is 1.57 bits per heavy atom. The number of sulfonamides is 1. The highest BCUT2D eigenvalue weighted by Crippen LogP contribution is 2.29. The molecule has 0 aromatic heterocycles. The van der Waals surface area contributed by atoms with Gasteiger partial charge in [-0.3, -0.25) is 4.79 Å². The molecule has 0 bridgehead atoms. The van der Waals surface area contributed by atoms with Crippen LogP contribution in [0.3, 0.4) is 0 Å². The molecule has 0 spiro atoms. The van der Waals surface area contributed by atoms with Gasteiger partial charge in [-0.05, 0) is 63.3 Å². The molecule has 1 aliphatic rings. The van der Waals surface area contributed by atoms with Crippen LogP contribution in [0.1, 0.15) is 44.0 Å². The highest BCUT2D eigenvalue weighted by atomic mass is 35.5. The van der Waals surface area contributed by atoms with Gasteiger partial charge in [0.1, 0.15) is 5.60 Å². The molecule has 2 N–H and O–H groups in total. The topological polar surface area (TPSA) is 105 Å². The fraction of sp³-hybridized carbons (Fsp3) is 0.333. The fourth-order valence-electron chi connectivity index (χ4n) is 4.25. The number of likely N-dealkylation sites (tertiary alicyclic amines) is 1. The van der Waals surface area contributed by atoms with Crippen LogP contribution in [0, 0.1) is 0 Å². The van der Waals surface area contributed by atoms with Crippen LogP contribution in [0.4, 0.5) is 10.5 Å². The van der Waals surface area contributed by atoms with Crippen molar-refractivity contribution in [2.45, 2.75) is 50.2 Å². The predicted molar refractivity (Wildman–Crippen MR) is 145 cm³/mol. The van der Waals surface area contributed by atoms with Crippen LogP contribution in [0.5, 0.6) is 0 Å². The van der Waals surface area contributed by atoms with Gasteiger partial charge >= 0.3 is 6.09 Å². The van der Waals surface area contributed by atoms with Gasteiger partial charge in [0.05, 0.1) is 15.6 Å². The SMILES string of the molecule is CC(C)(C)OC(=O)N1CCC(NS(=O)(=O)c2ccc(C(=O)Nc3ccccc3Cl)c3ccccc23)CC1. The van der Waals surface area contributed by atoms with E-state index in [1.165, 1.54) is 12.1 Å². The van der Waals surface area contributed by atoms with Crippen LogP contribution in [-0.4, -0.2) is 50.1 Å². The molecular weight excluding hydrogens is 514 g/mol. The third-order valence-electron chi connectivity index (χ3n) is 6.01. The van der Waals surface area contributed by atoms with E-state index in [4.69, 9.17) is 16.3 Å². The monoisotopic (exact) mass is 543 g/mol. The summed E-state index contributed by atoms with van der Waals surface area (Å²) in [7, 11) is -3.90. The molecule has 1 aliphatic heterocycles. The van der Waals surface area contributed by atoms with Crippen LogP contribution < -0.4 is 10.0 Å². The van der Waals surface area contributed by atoms with Crippen molar-refractivity contribution in [2.24, 2.45) is 0 Å². The Kier molecular flexibility index (Phi) is 7.77. The number of halogens is 1. The molecule has 0 radical (unpaired) electrons. The fourth-order valence-corrected chi connectivity index (χ4v) is 5.94. The Morgan fingerprint density at radius 3 is 2.22 bits per heavy atom. The summed E-state index contributed by atoms with van der Waals surface area (Å²) in [5, 5.41) is 4.14. The maximum absolute atomic E-state index is 13.4. The van der Waals surface area contributed by atoms with Gasteiger partial charge < -0.3 is 15.0 Å². The number of anilines is 1. The van der Waals surface area contributed by atoms with Gasteiger partial charge in [0.25, 0.3) is 5.91 Å². The normalized spacial score (nSPS) is 15.0. The standard InChI is InChI=1S/C27H30ClN3O5S/c1-27(2,3)36-26(33)31-16-14-18(15-17-31)30-37(34,35)24-13-12-21(19-8-4-5-9-20(19)24)25(32)29-23-11-7-6-10-22(23)28/h4-13,18,30H,14-17H2,1-3H3,(H,29,32). The Balaban J connectivity index is 1.52. The lowest BCUT2D eigenvalue weighted by atomic mass is 10.0. The van der Waals surface area contributed by atoms with E-state index >= 15 is 0 Å². The third kappa shape index (κ3) is 6.41. The van der Waals surface area contributed by atoms with Crippen LogP contribution in [0.15, 0.2) is 65.6 Å². The number of nitrogens with zero attached hydrogens (tertiary/aromatic N) is 1. The molecule has 37 heavy (non-hydrogen) atoms. The van der Waals surface area contributed by atoms with Gasteiger partial charge in [-0.2, -0.15) is 0 Å². The molecule has 1 fully saturated rings. The quantitative estimate of drug-likeness (QED) is 0.447. The Labute approximate surface area is 222 Å². The summed E-state index contributed by atoms with van der Waals surface area (Å²) in [5.41, 5.74) is 0.210. The van der Waals surface area contributed by atoms with Crippen LogP contribution in [-0.2, 0) is 14.8 Å². The first-order valence-corrected chi connectivity index (χ1v) is 13.9. The average Bonchev–Trinajstić information content (AvgIpc) is 2.83. The lowest BCUT2D eigenvalue weighted by Crippen LogP contribution is -2.47. The minimum atomic E-state index is -3.90. The number of amides is 2. The number of para-hydroxylation sites is 1. The van der Waals surface area contributed by atoms with Crippen LogP contribution in [0.25, 0.3) is 10.8 Å². The minimum absolute atomic E-state index is 0.0898. The molecule has 196 valence electrons. The van der Waals surface area contributed by atoms with Crippen molar-refractivity contribution >= 4 is 50.1 Å². The maximum Gasteiger partial charge on any atom is 0.410 e. The zero-order valence-corrected chi connectivity index (χ0v) is 22.5. The Morgan fingerprint density at radius 1 is 0.946 bits per heavy atom. The first-order valence-electron chi connectivity index (χ1n) is 12.0. The van der Waals surface area contributed by atoms with Crippen molar-refractivity contribution < 1.29 is 22.7 Å². The molecule has 3 aromatic carbocycles. The number of hydrogen-bond donors (Lipinski definition) is 2. The number of carbonyl (C=O) groups is 2. The van der Waals surface area contributed by atoms with Crippen molar-refractivity contribution in [3.63, 3.8) is 0 Å². The second-order valence-corrected chi connectivity index (χ2v) is 12.0. The Bertz CT molecular complexity index is 1430. The summed E-state index contributed by atoms with van der Waals surface area (Å²) >= 11 is 6.18. The highest BCUT2D eigenvalue weighted by Gasteiger charge is 2.30. The molecule has 0 unspecified atom stereocenters. The first kappa shape index (κ1) is 26.9. The zero-order chi connectivity index (χ0) is 26.8. The molecule has 2 amide bonds. The van der Waals surface area contributed by atoms with Crippen LogP contribution in [0.2, 0.25) is 5.02 Å². The molecular formula is C27H30ClN3O5S. The predicted octanol–water partition coefficient (Wildman–Crippen LogP) is 5.42. The van der Waals surface area contributed by atoms with Crippen molar-refractivity contribution in [2.75, 3.05) is 18.4 Å². The summed E-state index contributed by atoms with van der Waals surface area (Å²) in [6.45, 7) is 6.21. The molecule has 10 heteroatoms. The van der Waals surface area contributed by atoms with E-state index in [9.17, 15) is 18.0 Å². The molecule has 4 rings (SSSR count). The van der Waals surface area contributed by atoms with Crippen LogP contribution >= 0.6 is 11.6 Å². The summed E-state index contributed by atoms with van der Waals surface area (Å²) in [6, 6.07) is 16.4. The summed E-state index contributed by atoms with van der Waals surface area (Å²) < 4.78 is 35.0. The van der Waals surface area contributed by atoms with E-state index in [1.54, 1.807) is 53.4 Å². The number of fused-ring (bicyclic) bond motifs is 1. The number of hydrogen-bond acceptors (Lipinski definition) is 5. The second kappa shape index (κ2) is 10.7. The zero-order valence-electron chi connectivity index (χ0n) is 21.0. The van der Waals surface area contributed by atoms with Gasteiger partial charge in [-0.1, -0.05) is 48.0 Å². The molecule has 0 saturated carbocycles. The highest BCUT2D eigenvalue weighted by molar-refractivity contribution is 7.89. The van der Waals surface area contributed by atoms with Gasteiger partial charge in [-0.25, -0.2) is 17.9 Å². The van der Waals surface area contributed by atoms with Gasteiger partial charge in [0.2, 0.25) is 10.0 Å². The first-order chi connectivity index (χ1) is 17.4. The molecule has 3 aromatic rings. The summed E-state index contributed by atoms with van der Waals surface area (Å²) in [4.78, 5) is 27.1. The molecule has 0 aliphatic carbocycles. The number of piperidine rings is 1. The van der Waals surface area contributed by atoms with Crippen molar-refractivity contribution in [3.05, 3.63) is 71.2 Å². The van der Waals surface area contributed by atoms with Crippen molar-refractivity contribution in [1.29, 1.82) is 0 Å². The number of benzene rings is 3. The van der Waals surface area contributed by atoms with E-state index < -0.39 is 27.6 Å². The van der Waals surface area contributed by atoms with Gasteiger partial charge in [0.15, 0.2) is 0 Å². The second-order valence-electron chi connectivity index (χ2n) is 9.95. The minimum Gasteiger partial charge on any atom is -0.444 e. The lowest BCUT2D eigenvalue weighted by Gasteiger charge is -2.33. The lowest BCUT2D eigenvalue weighted by molar-refractivity contribution is 0.0203. The number of ether oxygens (including phenoxy) is 1. The smallest absolute Gasteiger partial charge is 0.410 e. The van der Waals surface area contributed by atoms with E-state index in [-0.39, 0.29) is 10.9 Å². The summed E-state index contributed by atoms with van der Waals surface area (Å²) in [6.07, 6.45) is 0.536. The van der Waals surface area contributed by atoms with E-state index in [0.29, 0.717) is 53.0 Å².